The Morgan fingerprint density at radius 1 is 1.38 bits per heavy atom. The van der Waals surface area contributed by atoms with E-state index in [1.54, 1.807) is 13.2 Å². The summed E-state index contributed by atoms with van der Waals surface area (Å²) >= 11 is 0. The summed E-state index contributed by atoms with van der Waals surface area (Å²) in [5.41, 5.74) is 4.78. The lowest BCUT2D eigenvalue weighted by atomic mass is 9.55. The molecule has 3 unspecified atom stereocenters. The highest BCUT2D eigenvalue weighted by Crippen LogP contribution is 2.63. The zero-order chi connectivity index (χ0) is 16.7. The molecule has 3 aliphatic carbocycles. The lowest BCUT2D eigenvalue weighted by Gasteiger charge is -2.58. The van der Waals surface area contributed by atoms with E-state index >= 15 is 0 Å². The highest BCUT2D eigenvalue weighted by molar-refractivity contribution is 6.07. The minimum Gasteiger partial charge on any atom is -0.455 e. The third kappa shape index (κ3) is 1.60. The van der Waals surface area contributed by atoms with Gasteiger partial charge in [-0.2, -0.15) is 0 Å². The minimum absolute atomic E-state index is 0.0610. The zero-order valence-corrected chi connectivity index (χ0v) is 14.2. The molecule has 5 rings (SSSR count). The molecule has 5 heteroatoms. The minimum atomic E-state index is -1.07. The summed E-state index contributed by atoms with van der Waals surface area (Å²) in [5.74, 6) is -0.710. The van der Waals surface area contributed by atoms with E-state index in [9.17, 15) is 9.90 Å². The third-order valence-corrected chi connectivity index (χ3v) is 6.77. The van der Waals surface area contributed by atoms with Crippen molar-refractivity contribution in [1.82, 2.24) is 4.90 Å². The van der Waals surface area contributed by atoms with Gasteiger partial charge < -0.3 is 19.5 Å². The van der Waals surface area contributed by atoms with Crippen LogP contribution in [0.4, 0.5) is 0 Å². The first kappa shape index (κ1) is 14.7. The molecular weight excluding hydrogens is 306 g/mol. The van der Waals surface area contributed by atoms with E-state index in [2.05, 4.69) is 11.9 Å². The van der Waals surface area contributed by atoms with Gasteiger partial charge in [0.1, 0.15) is 6.10 Å². The number of fused-ring (bicyclic) bond motifs is 1. The van der Waals surface area contributed by atoms with Gasteiger partial charge in [0.25, 0.3) is 0 Å². The molecule has 128 valence electrons. The van der Waals surface area contributed by atoms with Gasteiger partial charge in [-0.25, -0.2) is 0 Å². The van der Waals surface area contributed by atoms with Gasteiger partial charge in [0, 0.05) is 49.4 Å². The maximum atomic E-state index is 12.8. The summed E-state index contributed by atoms with van der Waals surface area (Å²) < 4.78 is 11.8. The number of aliphatic hydroxyl groups is 1. The molecule has 2 aliphatic heterocycles. The first-order valence-electron chi connectivity index (χ1n) is 8.87. The molecule has 0 aromatic heterocycles. The van der Waals surface area contributed by atoms with Crippen molar-refractivity contribution < 1.29 is 19.4 Å². The van der Waals surface area contributed by atoms with Gasteiger partial charge in [0.15, 0.2) is 5.76 Å². The van der Waals surface area contributed by atoms with E-state index in [1.807, 2.05) is 0 Å². The molecule has 0 radical (unpaired) electrons. The summed E-state index contributed by atoms with van der Waals surface area (Å²) in [6.07, 6.45) is 6.16. The van der Waals surface area contributed by atoms with Crippen molar-refractivity contribution >= 4 is 5.78 Å². The Kier molecular flexibility index (Phi) is 2.78. The number of rotatable bonds is 1. The average molecular weight is 329 g/mol. The Balaban J connectivity index is 1.78. The van der Waals surface area contributed by atoms with Gasteiger partial charge in [-0.1, -0.05) is 0 Å². The first-order valence-corrected chi connectivity index (χ1v) is 8.87. The van der Waals surface area contributed by atoms with Gasteiger partial charge in [-0.3, -0.25) is 4.79 Å². The predicted octanol–water partition coefficient (Wildman–Crippen LogP) is 2.04. The second-order valence-corrected chi connectivity index (χ2v) is 7.86. The molecule has 3 atom stereocenters. The highest BCUT2D eigenvalue weighted by Gasteiger charge is 2.61. The van der Waals surface area contributed by atoms with Gasteiger partial charge in [-0.05, 0) is 43.8 Å². The fraction of sp³-hybridized carbons (Fsp3) is 0.632. The molecular formula is C19H23NO4. The molecule has 24 heavy (non-hydrogen) atoms. The summed E-state index contributed by atoms with van der Waals surface area (Å²) in [7, 11) is 3.71. The number of ketones is 1. The van der Waals surface area contributed by atoms with Crippen molar-refractivity contribution in [3.05, 3.63) is 34.3 Å². The number of hydrogen-bond donors (Lipinski definition) is 1. The van der Waals surface area contributed by atoms with Crippen LogP contribution in [0, 0.1) is 5.41 Å². The lowest BCUT2D eigenvalue weighted by Crippen LogP contribution is -2.59. The number of allylic oxidation sites excluding steroid dienone is 4. The van der Waals surface area contributed by atoms with Crippen LogP contribution in [0.1, 0.15) is 38.5 Å². The third-order valence-electron chi connectivity index (χ3n) is 6.77. The van der Waals surface area contributed by atoms with E-state index in [0.29, 0.717) is 18.6 Å². The number of hydrogen-bond acceptors (Lipinski definition) is 5. The van der Waals surface area contributed by atoms with E-state index in [0.717, 1.165) is 37.8 Å². The van der Waals surface area contributed by atoms with Crippen molar-refractivity contribution in [2.24, 2.45) is 5.41 Å². The highest BCUT2D eigenvalue weighted by atomic mass is 16.7. The smallest absolute Gasteiger partial charge is 0.237 e. The molecule has 1 N–H and O–H groups in total. The number of nitrogens with zero attached hydrogens (tertiary/aromatic N) is 1. The molecule has 2 bridgehead atoms. The molecule has 1 saturated carbocycles. The van der Waals surface area contributed by atoms with E-state index in [-0.39, 0.29) is 11.2 Å². The molecule has 5 aliphatic rings. The molecule has 1 spiro atoms. The van der Waals surface area contributed by atoms with Gasteiger partial charge >= 0.3 is 0 Å². The standard InChI is InChI=1S/C19H23NO4/c1-20-8-5-11-9-13(21)17-16-15(11)12(20)3-6-18(16)7-4-14(22)19(10-18,23-2)24-17/h9,14,22H,3-8,10H2,1-2H3. The van der Waals surface area contributed by atoms with Gasteiger partial charge in [0.05, 0.1) is 0 Å². The van der Waals surface area contributed by atoms with Crippen molar-refractivity contribution in [2.45, 2.75) is 50.4 Å². The van der Waals surface area contributed by atoms with Crippen LogP contribution in [0.2, 0.25) is 0 Å². The van der Waals surface area contributed by atoms with Crippen LogP contribution in [0.5, 0.6) is 0 Å². The fourth-order valence-corrected chi connectivity index (χ4v) is 5.50. The normalized spacial score (nSPS) is 40.3. The molecule has 5 nitrogen and oxygen atoms in total. The Morgan fingerprint density at radius 2 is 2.21 bits per heavy atom. The van der Waals surface area contributed by atoms with Gasteiger partial charge in [0.2, 0.25) is 11.6 Å². The zero-order valence-electron chi connectivity index (χ0n) is 14.2. The number of carbonyl (C=O) groups excluding carboxylic acids is 1. The summed E-state index contributed by atoms with van der Waals surface area (Å²) in [6.45, 7) is 0.967. The number of aliphatic hydroxyl groups excluding tert-OH is 1. The molecule has 2 heterocycles. The Morgan fingerprint density at radius 3 is 3.00 bits per heavy atom. The van der Waals surface area contributed by atoms with Crippen LogP contribution in [-0.2, 0) is 14.3 Å². The van der Waals surface area contributed by atoms with Crippen LogP contribution < -0.4 is 0 Å². The Bertz CT molecular complexity index is 748. The van der Waals surface area contributed by atoms with Gasteiger partial charge in [-0.15, -0.1) is 0 Å². The molecule has 0 saturated heterocycles. The van der Waals surface area contributed by atoms with Crippen molar-refractivity contribution in [3.8, 4) is 0 Å². The number of methoxy groups -OCH3 is 1. The van der Waals surface area contributed by atoms with Crippen LogP contribution in [0.15, 0.2) is 34.3 Å². The fourth-order valence-electron chi connectivity index (χ4n) is 5.50. The Labute approximate surface area is 141 Å². The quantitative estimate of drug-likeness (QED) is 0.798. The topological polar surface area (TPSA) is 59.0 Å². The van der Waals surface area contributed by atoms with Crippen molar-refractivity contribution in [1.29, 1.82) is 0 Å². The molecule has 0 aromatic carbocycles. The SMILES string of the molecule is COC12CC3(CCC4=C5C(=CC(=O)C(=C53)O1)CCN4C)CCC2O. The van der Waals surface area contributed by atoms with E-state index in [1.165, 1.54) is 16.8 Å². The summed E-state index contributed by atoms with van der Waals surface area (Å²) in [5, 5.41) is 10.5. The van der Waals surface area contributed by atoms with E-state index in [4.69, 9.17) is 9.47 Å². The maximum absolute atomic E-state index is 12.8. The second kappa shape index (κ2) is 4.52. The average Bonchev–Trinajstić information content (AvgIpc) is 2.59. The van der Waals surface area contributed by atoms with Crippen LogP contribution in [0.3, 0.4) is 0 Å². The van der Waals surface area contributed by atoms with E-state index < -0.39 is 11.9 Å². The van der Waals surface area contributed by atoms with Crippen LogP contribution in [-0.4, -0.2) is 48.4 Å². The molecule has 1 fully saturated rings. The van der Waals surface area contributed by atoms with Crippen LogP contribution in [0.25, 0.3) is 0 Å². The van der Waals surface area contributed by atoms with Crippen molar-refractivity contribution in [3.63, 3.8) is 0 Å². The number of carbonyl (C=O) groups is 1. The number of ether oxygens (including phenoxy) is 2. The maximum Gasteiger partial charge on any atom is 0.237 e. The Hall–Kier alpha value is -1.59. The largest absolute Gasteiger partial charge is 0.455 e. The summed E-state index contributed by atoms with van der Waals surface area (Å²) in [6, 6.07) is 0. The second-order valence-electron chi connectivity index (χ2n) is 7.86. The summed E-state index contributed by atoms with van der Waals surface area (Å²) in [4.78, 5) is 15.1. The lowest BCUT2D eigenvalue weighted by molar-refractivity contribution is -0.291. The predicted molar refractivity (Wildman–Crippen MR) is 86.7 cm³/mol. The monoisotopic (exact) mass is 329 g/mol. The van der Waals surface area contributed by atoms with Crippen molar-refractivity contribution in [2.75, 3.05) is 20.7 Å². The molecule has 0 amide bonds. The first-order chi connectivity index (χ1) is 11.5. The molecule has 0 aromatic rings. The van der Waals surface area contributed by atoms with Crippen LogP contribution >= 0.6 is 0 Å².